The van der Waals surface area contributed by atoms with E-state index in [9.17, 15) is 55.8 Å². The summed E-state index contributed by atoms with van der Waals surface area (Å²) >= 11 is 0. The number of ether oxygens (including phenoxy) is 2. The highest BCUT2D eigenvalue weighted by Gasteiger charge is 2.36. The molecule has 410 valence electrons. The Morgan fingerprint density at radius 1 is 0.526 bits per heavy atom. The van der Waals surface area contributed by atoms with E-state index in [4.69, 9.17) is 10.8 Å². The smallest absolute Gasteiger partial charge is 0.305 e. The topological polar surface area (TPSA) is 315 Å². The number of nitrogen functional groups attached to an aromatic ring is 1. The first-order valence-electron chi connectivity index (χ1n) is 25.0. The van der Waals surface area contributed by atoms with Crippen molar-refractivity contribution in [1.82, 2.24) is 13.7 Å². The van der Waals surface area contributed by atoms with Crippen molar-refractivity contribution in [2.24, 2.45) is 0 Å². The molecular weight excluding hydrogens is 1020 g/mol. The molecule has 4 unspecified atom stereocenters. The molecule has 7 N–H and O–H groups in total. The predicted octanol–water partition coefficient (Wildman–Crippen LogP) is 6.08. The highest BCUT2D eigenvalue weighted by Crippen LogP contribution is 2.30. The van der Waals surface area contributed by atoms with E-state index in [0.717, 1.165) is 47.4 Å². The van der Waals surface area contributed by atoms with Crippen LogP contribution in [0.3, 0.4) is 0 Å². The highest BCUT2D eigenvalue weighted by atomic mass is 32.2. The maximum Gasteiger partial charge on any atom is 0.305 e. The van der Waals surface area contributed by atoms with Gasteiger partial charge in [-0.05, 0) is 96.4 Å². The zero-order valence-electron chi connectivity index (χ0n) is 42.5. The number of hydrogen-bond donors (Lipinski definition) is 6. The molecule has 2 saturated carbocycles. The van der Waals surface area contributed by atoms with Crippen molar-refractivity contribution in [3.63, 3.8) is 0 Å². The van der Waals surface area contributed by atoms with Crippen LogP contribution in [0, 0.1) is 0 Å². The molecule has 0 spiro atoms. The molecule has 0 amide bonds. The van der Waals surface area contributed by atoms with Gasteiger partial charge in [0.05, 0.1) is 93.2 Å². The maximum absolute atomic E-state index is 12.7. The number of benzene rings is 3. The Labute approximate surface area is 440 Å². The number of sulfonamides is 2. The van der Waals surface area contributed by atoms with Gasteiger partial charge in [-0.15, -0.1) is 0 Å². The Morgan fingerprint density at radius 2 is 0.882 bits per heavy atom. The summed E-state index contributed by atoms with van der Waals surface area (Å²) in [7, 11) is -4.86. The molecule has 3 aromatic carbocycles. The minimum atomic E-state index is -3.73. The fourth-order valence-electron chi connectivity index (χ4n) is 9.21. The number of Topliss-reactive ketones (excluding diaryl/α,β-unsaturated/α-hetero) is 3. The first-order valence-corrected chi connectivity index (χ1v) is 28.1. The molecule has 4 atom stereocenters. The van der Waals surface area contributed by atoms with Crippen LogP contribution in [-0.4, -0.2) is 118 Å². The van der Waals surface area contributed by atoms with Gasteiger partial charge in [-0.1, -0.05) is 43.9 Å². The van der Waals surface area contributed by atoms with E-state index in [1.165, 1.54) is 14.2 Å². The SMILES string of the molecule is COC(=O)CCC(=O)Cn1ccc2ccc(N)cc21.COC(=O)CCC(=O)Cn1ccc2ccc(NS(=O)(=O)C3CCCCC3O)cc21.O=C(O)CCC(=O)Cn1ccc2ccc(NS(=O)(=O)C3CCCCC3O)cc21. The minimum Gasteiger partial charge on any atom is -0.481 e. The molecule has 0 saturated heterocycles. The number of anilines is 3. The van der Waals surface area contributed by atoms with Gasteiger partial charge >= 0.3 is 17.9 Å². The number of aromatic nitrogens is 3. The number of hydrogen-bond acceptors (Lipinski definition) is 15. The molecule has 2 aliphatic carbocycles. The fourth-order valence-corrected chi connectivity index (χ4v) is 12.5. The number of ketones is 3. The van der Waals surface area contributed by atoms with E-state index in [-0.39, 0.29) is 81.5 Å². The van der Waals surface area contributed by atoms with Crippen LogP contribution in [0.2, 0.25) is 0 Å². The molecule has 0 aliphatic heterocycles. The van der Waals surface area contributed by atoms with Gasteiger partial charge in [-0.2, -0.15) is 0 Å². The molecule has 3 aromatic heterocycles. The van der Waals surface area contributed by atoms with Crippen LogP contribution in [-0.2, 0) is 77.9 Å². The van der Waals surface area contributed by atoms with Gasteiger partial charge in [0.1, 0.15) is 10.5 Å². The number of carboxylic acid groups (broad SMARTS) is 1. The number of nitrogens with one attached hydrogen (secondary N) is 2. The Bertz CT molecular complexity index is 3270. The van der Waals surface area contributed by atoms with Crippen molar-refractivity contribution >= 4 is 105 Å². The van der Waals surface area contributed by atoms with Crippen LogP contribution in [0.1, 0.15) is 89.9 Å². The van der Waals surface area contributed by atoms with E-state index >= 15 is 0 Å². The summed E-state index contributed by atoms with van der Waals surface area (Å²) in [4.78, 5) is 68.7. The molecule has 2 aliphatic rings. The number of aliphatic hydroxyl groups is 2. The van der Waals surface area contributed by atoms with Gasteiger partial charge in [0.15, 0.2) is 17.3 Å². The summed E-state index contributed by atoms with van der Waals surface area (Å²) < 4.78 is 70.2. The predicted molar refractivity (Wildman–Crippen MR) is 286 cm³/mol. The number of carbonyl (C=O) groups is 6. The van der Waals surface area contributed by atoms with Crippen molar-refractivity contribution in [2.75, 3.05) is 29.4 Å². The second kappa shape index (κ2) is 26.6. The molecule has 23 heteroatoms. The van der Waals surface area contributed by atoms with Crippen LogP contribution < -0.4 is 15.2 Å². The number of carbonyl (C=O) groups excluding carboxylic acids is 5. The van der Waals surface area contributed by atoms with Gasteiger partial charge in [-0.25, -0.2) is 16.8 Å². The van der Waals surface area contributed by atoms with Gasteiger partial charge in [0, 0.05) is 43.5 Å². The summed E-state index contributed by atoms with van der Waals surface area (Å²) in [6, 6.07) is 21.3. The van der Waals surface area contributed by atoms with Crippen LogP contribution in [0.25, 0.3) is 32.7 Å². The Kier molecular flexibility index (Phi) is 20.4. The van der Waals surface area contributed by atoms with E-state index in [1.807, 2.05) is 47.2 Å². The summed E-state index contributed by atoms with van der Waals surface area (Å²) in [5.74, 6) is -2.16. The zero-order valence-corrected chi connectivity index (χ0v) is 44.1. The molecule has 8 rings (SSSR count). The number of rotatable bonds is 21. The van der Waals surface area contributed by atoms with Gasteiger partial charge in [0.2, 0.25) is 20.0 Å². The molecular formula is C53H66N6O15S2. The average molecular weight is 1090 g/mol. The minimum absolute atomic E-state index is 0.00896. The fraction of sp³-hybridized carbons (Fsp3) is 0.434. The van der Waals surface area contributed by atoms with E-state index < -0.39 is 54.7 Å². The Morgan fingerprint density at radius 3 is 1.25 bits per heavy atom. The first-order chi connectivity index (χ1) is 36.2. The quantitative estimate of drug-likeness (QED) is 0.0352. The normalized spacial score (nSPS) is 17.6. The summed E-state index contributed by atoms with van der Waals surface area (Å²) in [5, 5.41) is 29.9. The lowest BCUT2D eigenvalue weighted by Gasteiger charge is -2.27. The number of aliphatic carboxylic acids is 1. The lowest BCUT2D eigenvalue weighted by molar-refractivity contribution is -0.142. The number of esters is 2. The molecule has 6 aromatic rings. The van der Waals surface area contributed by atoms with Gasteiger partial charge in [-0.3, -0.25) is 38.2 Å². The third-order valence-electron chi connectivity index (χ3n) is 13.3. The second-order valence-corrected chi connectivity index (χ2v) is 22.7. The second-order valence-electron chi connectivity index (χ2n) is 18.9. The van der Waals surface area contributed by atoms with E-state index in [2.05, 4.69) is 18.9 Å². The number of fused-ring (bicyclic) bond motifs is 3. The third-order valence-corrected chi connectivity index (χ3v) is 17.1. The average Bonchev–Trinajstić information content (AvgIpc) is 4.10. The van der Waals surface area contributed by atoms with Crippen molar-refractivity contribution in [3.05, 3.63) is 91.4 Å². The lowest BCUT2D eigenvalue weighted by Crippen LogP contribution is -2.40. The van der Waals surface area contributed by atoms with Crippen LogP contribution >= 0.6 is 0 Å². The summed E-state index contributed by atoms with van der Waals surface area (Å²) in [6.07, 6.45) is 8.76. The largest absolute Gasteiger partial charge is 0.481 e. The Hall–Kier alpha value is -7.08. The van der Waals surface area contributed by atoms with Crippen molar-refractivity contribution in [3.8, 4) is 0 Å². The number of aliphatic hydroxyl groups excluding tert-OH is 2. The molecule has 2 fully saturated rings. The molecule has 0 bridgehead atoms. The third kappa shape index (κ3) is 16.2. The van der Waals surface area contributed by atoms with Crippen LogP contribution in [0.5, 0.6) is 0 Å². The van der Waals surface area contributed by atoms with Crippen molar-refractivity contribution in [2.45, 2.75) is 132 Å². The lowest BCUT2D eigenvalue weighted by atomic mass is 9.97. The Balaban J connectivity index is 0.000000189. The zero-order chi connectivity index (χ0) is 55.2. The molecule has 76 heavy (non-hydrogen) atoms. The number of methoxy groups -OCH3 is 2. The number of nitrogens with zero attached hydrogens (tertiary/aromatic N) is 3. The number of carboxylic acids is 1. The first kappa shape index (κ1) is 58.2. The molecule has 3 heterocycles. The summed E-state index contributed by atoms with van der Waals surface area (Å²) in [5.41, 5.74) is 9.46. The van der Waals surface area contributed by atoms with Crippen molar-refractivity contribution < 1.29 is 70.4 Å². The van der Waals surface area contributed by atoms with E-state index in [1.54, 1.807) is 57.9 Å². The van der Waals surface area contributed by atoms with Crippen molar-refractivity contribution in [1.29, 1.82) is 0 Å². The van der Waals surface area contributed by atoms with E-state index in [0.29, 0.717) is 53.8 Å². The maximum atomic E-state index is 12.7. The molecule has 0 radical (unpaired) electrons. The van der Waals surface area contributed by atoms with Gasteiger partial charge < -0.3 is 44.2 Å². The standard InChI is InChI=1S/C20H26N2O6S.C19H24N2O6S.C14H16N2O3/c1-28-20(25)9-8-16(23)13-22-11-10-14-6-7-15(12-17(14)22)21-29(26,27)19-5-3-2-4-18(19)24;22-15(7-8-19(24)25)12-21-10-9-13-5-6-14(11-16(13)21)20-28(26,27)18-4-2-1-3-17(18)23;1-19-14(18)5-4-12(17)9-16-7-6-10-2-3-11(15)8-13(10)16/h6-7,10-12,18-19,21,24H,2-5,8-9,13H2,1H3;5-6,9-11,17-18,20,23H,1-4,7-8,12H2,(H,24,25);2-3,6-8H,4-5,9,15H2,1H3. The van der Waals surface area contributed by atoms with Crippen LogP contribution in [0.4, 0.5) is 17.1 Å². The van der Waals surface area contributed by atoms with Crippen LogP contribution in [0.15, 0.2) is 91.4 Å². The highest BCUT2D eigenvalue weighted by molar-refractivity contribution is 7.93. The summed E-state index contributed by atoms with van der Waals surface area (Å²) in [6.45, 7) is 0.344. The monoisotopic (exact) mass is 1090 g/mol. The number of nitrogens with two attached hydrogens (primary N) is 1. The van der Waals surface area contributed by atoms with Gasteiger partial charge in [0.25, 0.3) is 0 Å². The molecule has 21 nitrogen and oxygen atoms in total.